The van der Waals surface area contributed by atoms with Gasteiger partial charge in [-0.3, -0.25) is 0 Å². The van der Waals surface area contributed by atoms with Crippen LogP contribution in [-0.4, -0.2) is 0 Å². The van der Waals surface area contributed by atoms with Crippen LogP contribution in [0.1, 0.15) is 43.0 Å². The van der Waals surface area contributed by atoms with Gasteiger partial charge in [-0.2, -0.15) is 0 Å². The minimum atomic E-state index is -0.294. The first-order valence-corrected chi connectivity index (χ1v) is 6.54. The molecule has 0 aromatic heterocycles. The molecule has 0 aliphatic rings. The monoisotopic (exact) mass is 292 g/mol. The number of benzene rings is 1. The van der Waals surface area contributed by atoms with Gasteiger partial charge in [-0.15, -0.1) is 0 Å². The van der Waals surface area contributed by atoms with Crippen molar-refractivity contribution in [3.63, 3.8) is 0 Å². The van der Waals surface area contributed by atoms with Crippen molar-refractivity contribution in [3.8, 4) is 0 Å². The van der Waals surface area contributed by atoms with Crippen LogP contribution in [0.2, 0.25) is 5.02 Å². The predicted molar refractivity (Wildman–Crippen MR) is 67.2 cm³/mol. The van der Waals surface area contributed by atoms with Crippen LogP contribution >= 0.6 is 27.5 Å². The fraction of sp³-hybridized carbons (Fsp3) is 0.500. The first kappa shape index (κ1) is 13.0. The third kappa shape index (κ3) is 3.76. The van der Waals surface area contributed by atoms with Crippen molar-refractivity contribution in [1.82, 2.24) is 0 Å². The van der Waals surface area contributed by atoms with Gasteiger partial charge >= 0.3 is 0 Å². The molecule has 0 bridgehead atoms. The molecule has 0 aliphatic heterocycles. The predicted octanol–water partition coefficient (Wildman–Crippen LogP) is 5.50. The number of hydrogen-bond donors (Lipinski definition) is 0. The van der Waals surface area contributed by atoms with Gasteiger partial charge in [-0.05, 0) is 12.5 Å². The van der Waals surface area contributed by atoms with Gasteiger partial charge in [-0.25, -0.2) is 4.39 Å². The molecular weight excluding hydrogens is 278 g/mol. The number of unbranched alkanes of at least 4 members (excludes halogenated alkanes) is 2. The van der Waals surface area contributed by atoms with Crippen molar-refractivity contribution >= 4 is 27.5 Å². The molecule has 0 saturated heterocycles. The zero-order chi connectivity index (χ0) is 11.3. The van der Waals surface area contributed by atoms with E-state index in [0.717, 1.165) is 12.8 Å². The first-order chi connectivity index (χ1) is 7.16. The van der Waals surface area contributed by atoms with E-state index in [9.17, 15) is 4.39 Å². The van der Waals surface area contributed by atoms with Gasteiger partial charge < -0.3 is 0 Å². The maximum atomic E-state index is 13.6. The summed E-state index contributed by atoms with van der Waals surface area (Å²) in [4.78, 5) is 0.0720. The molecule has 3 heteroatoms. The molecule has 1 unspecified atom stereocenters. The highest BCUT2D eigenvalue weighted by Crippen LogP contribution is 2.32. The van der Waals surface area contributed by atoms with E-state index in [0.29, 0.717) is 5.56 Å². The maximum Gasteiger partial charge on any atom is 0.146 e. The van der Waals surface area contributed by atoms with E-state index >= 15 is 0 Å². The Hall–Kier alpha value is -0.0800. The van der Waals surface area contributed by atoms with Crippen molar-refractivity contribution in [1.29, 1.82) is 0 Å². The summed E-state index contributed by atoms with van der Waals surface area (Å²) in [5, 5.41) is 0.201. The average Bonchev–Trinajstić information content (AvgIpc) is 2.22. The summed E-state index contributed by atoms with van der Waals surface area (Å²) >= 11 is 9.23. The van der Waals surface area contributed by atoms with E-state index < -0.39 is 0 Å². The molecule has 0 N–H and O–H groups in total. The molecule has 0 fully saturated rings. The van der Waals surface area contributed by atoms with Crippen molar-refractivity contribution in [3.05, 3.63) is 34.6 Å². The van der Waals surface area contributed by atoms with E-state index in [1.54, 1.807) is 18.2 Å². The van der Waals surface area contributed by atoms with Crippen molar-refractivity contribution < 1.29 is 4.39 Å². The minimum absolute atomic E-state index is 0.0720. The molecule has 1 atom stereocenters. The highest BCUT2D eigenvalue weighted by Gasteiger charge is 2.13. The maximum absolute atomic E-state index is 13.6. The highest BCUT2D eigenvalue weighted by atomic mass is 79.9. The minimum Gasteiger partial charge on any atom is -0.205 e. The Morgan fingerprint density at radius 2 is 2.13 bits per heavy atom. The number of hydrogen-bond acceptors (Lipinski definition) is 0. The molecule has 1 aromatic rings. The molecule has 0 radical (unpaired) electrons. The molecule has 0 nitrogen and oxygen atoms in total. The lowest BCUT2D eigenvalue weighted by atomic mass is 10.1. The average molecular weight is 294 g/mol. The standard InChI is InChI=1S/C12H15BrClF/c1-2-3-4-7-10(13)9-6-5-8-11(14)12(9)15/h5-6,8,10H,2-4,7H2,1H3. The van der Waals surface area contributed by atoms with Gasteiger partial charge in [0.2, 0.25) is 0 Å². The SMILES string of the molecule is CCCCCC(Br)c1cccc(Cl)c1F. The van der Waals surface area contributed by atoms with Crippen LogP contribution in [0.15, 0.2) is 18.2 Å². The lowest BCUT2D eigenvalue weighted by Crippen LogP contribution is -1.95. The van der Waals surface area contributed by atoms with Gasteiger partial charge in [0.15, 0.2) is 0 Å². The van der Waals surface area contributed by atoms with Crippen molar-refractivity contribution in [2.24, 2.45) is 0 Å². The van der Waals surface area contributed by atoms with Crippen molar-refractivity contribution in [2.75, 3.05) is 0 Å². The summed E-state index contributed by atoms with van der Waals surface area (Å²) in [5.41, 5.74) is 0.665. The third-order valence-corrected chi connectivity index (χ3v) is 3.62. The second kappa shape index (κ2) is 6.49. The number of halogens is 3. The third-order valence-electron chi connectivity index (χ3n) is 2.38. The van der Waals surface area contributed by atoms with Crippen LogP contribution in [0.3, 0.4) is 0 Å². The van der Waals surface area contributed by atoms with E-state index in [1.807, 2.05) is 0 Å². The van der Waals surface area contributed by atoms with Gasteiger partial charge in [0, 0.05) is 10.4 Å². The normalized spacial score (nSPS) is 12.8. The fourth-order valence-electron chi connectivity index (χ4n) is 1.49. The fourth-order valence-corrected chi connectivity index (χ4v) is 2.35. The molecule has 0 saturated carbocycles. The molecule has 0 heterocycles. The largest absolute Gasteiger partial charge is 0.205 e. The second-order valence-corrected chi connectivity index (χ2v) is 5.12. The Bertz CT molecular complexity index is 314. The lowest BCUT2D eigenvalue weighted by molar-refractivity contribution is 0.592. The summed E-state index contributed by atoms with van der Waals surface area (Å²) in [6, 6.07) is 5.15. The number of alkyl halides is 1. The Kier molecular flexibility index (Phi) is 5.62. The lowest BCUT2D eigenvalue weighted by Gasteiger charge is -2.11. The van der Waals surface area contributed by atoms with Crippen LogP contribution < -0.4 is 0 Å². The van der Waals surface area contributed by atoms with Crippen LogP contribution in [0, 0.1) is 5.82 Å². The van der Waals surface area contributed by atoms with Gasteiger partial charge in [0.1, 0.15) is 5.82 Å². The molecule has 1 aromatic carbocycles. The first-order valence-electron chi connectivity index (χ1n) is 5.24. The van der Waals surface area contributed by atoms with Gasteiger partial charge in [-0.1, -0.05) is 65.8 Å². The summed E-state index contributed by atoms with van der Waals surface area (Å²) in [5.74, 6) is -0.294. The molecule has 0 aliphatic carbocycles. The smallest absolute Gasteiger partial charge is 0.146 e. The van der Waals surface area contributed by atoms with Crippen molar-refractivity contribution in [2.45, 2.75) is 37.4 Å². The Morgan fingerprint density at radius 3 is 2.80 bits per heavy atom. The van der Waals surface area contributed by atoms with E-state index in [2.05, 4.69) is 22.9 Å². The Labute approximate surface area is 104 Å². The summed E-state index contributed by atoms with van der Waals surface area (Å²) in [7, 11) is 0. The Balaban J connectivity index is 2.65. The molecule has 84 valence electrons. The van der Waals surface area contributed by atoms with E-state index in [4.69, 9.17) is 11.6 Å². The van der Waals surface area contributed by atoms with Crippen LogP contribution in [-0.2, 0) is 0 Å². The molecule has 0 amide bonds. The van der Waals surface area contributed by atoms with Gasteiger partial charge in [0.05, 0.1) is 5.02 Å². The molecule has 1 rings (SSSR count). The highest BCUT2D eigenvalue weighted by molar-refractivity contribution is 9.09. The second-order valence-electron chi connectivity index (χ2n) is 3.61. The Morgan fingerprint density at radius 1 is 1.40 bits per heavy atom. The van der Waals surface area contributed by atoms with E-state index in [1.165, 1.54) is 12.8 Å². The zero-order valence-corrected chi connectivity index (χ0v) is 11.1. The topological polar surface area (TPSA) is 0 Å². The van der Waals surface area contributed by atoms with E-state index in [-0.39, 0.29) is 15.7 Å². The van der Waals surface area contributed by atoms with Crippen LogP contribution in [0.25, 0.3) is 0 Å². The summed E-state index contributed by atoms with van der Waals surface area (Å²) in [6.07, 6.45) is 4.42. The van der Waals surface area contributed by atoms with Gasteiger partial charge in [0.25, 0.3) is 0 Å². The molecule has 0 spiro atoms. The molecule has 15 heavy (non-hydrogen) atoms. The zero-order valence-electron chi connectivity index (χ0n) is 8.77. The summed E-state index contributed by atoms with van der Waals surface area (Å²) < 4.78 is 13.6. The summed E-state index contributed by atoms with van der Waals surface area (Å²) in [6.45, 7) is 2.16. The number of rotatable bonds is 5. The van der Waals surface area contributed by atoms with Crippen LogP contribution in [0.4, 0.5) is 4.39 Å². The van der Waals surface area contributed by atoms with Crippen LogP contribution in [0.5, 0.6) is 0 Å². The quantitative estimate of drug-likeness (QED) is 0.497. The molecular formula is C12H15BrClF.